The van der Waals surface area contributed by atoms with Crippen molar-refractivity contribution >= 4 is 19.1 Å². The largest absolute Gasteiger partial charge is 0.475 e. The van der Waals surface area contributed by atoms with E-state index in [9.17, 15) is 29.3 Å². The smallest absolute Gasteiger partial charge is 0.444 e. The van der Waals surface area contributed by atoms with Crippen molar-refractivity contribution in [3.8, 4) is 6.07 Å². The molecule has 0 aliphatic carbocycles. The Labute approximate surface area is 223 Å². The van der Waals surface area contributed by atoms with Crippen LogP contribution in [0.25, 0.3) is 0 Å². The number of nitriles is 1. The Kier molecular flexibility index (Phi) is 10.7. The Morgan fingerprint density at radius 3 is 2.58 bits per heavy atom. The van der Waals surface area contributed by atoms with E-state index in [1.54, 1.807) is 6.08 Å². The number of alkyl carbamates (subject to hydrolysis) is 1. The maximum absolute atomic E-state index is 13.3. The standard InChI is InChI=1S/C26H36BFN4O6/c1-26(2,32-11-13-37-14-12-32)16-20(17-29)24(33)31-10-4-3-5-22(18-31)38-25(34)30-23(27(35)36)15-19-6-8-21(28)9-7-19/h6-9,16,22-23,35-36H,3-5,10-15,18H2,1-2H3,(H,30,34)/t22-,23+/m1/s1. The number of carbonyl (C=O) groups is 2. The molecule has 206 valence electrons. The van der Waals surface area contributed by atoms with Crippen molar-refractivity contribution < 1.29 is 33.5 Å². The molecule has 2 aliphatic rings. The second kappa shape index (κ2) is 13.7. The minimum absolute atomic E-state index is 0.0364. The molecular formula is C26H36BFN4O6. The highest BCUT2D eigenvalue weighted by Crippen LogP contribution is 2.22. The number of halogens is 1. The molecule has 0 radical (unpaired) electrons. The van der Waals surface area contributed by atoms with Crippen molar-refractivity contribution in [2.45, 2.75) is 57.1 Å². The lowest BCUT2D eigenvalue weighted by Crippen LogP contribution is -2.50. The molecule has 3 N–H and O–H groups in total. The molecule has 1 aromatic carbocycles. The SMILES string of the molecule is CC(C)(C=C(C#N)C(=O)N1CCCC[C@@H](OC(=O)N[C@@H](Cc2ccc(F)cc2)B(O)O)C1)N1CCOCC1. The van der Waals surface area contributed by atoms with Gasteiger partial charge in [-0.05, 0) is 63.3 Å². The van der Waals surface area contributed by atoms with Crippen molar-refractivity contribution in [1.82, 2.24) is 15.1 Å². The van der Waals surface area contributed by atoms with Gasteiger partial charge < -0.3 is 29.7 Å². The van der Waals surface area contributed by atoms with Crippen LogP contribution in [0.3, 0.4) is 0 Å². The third-order valence-electron chi connectivity index (χ3n) is 6.90. The fraction of sp³-hybridized carbons (Fsp3) is 0.577. The molecule has 10 nitrogen and oxygen atoms in total. The Balaban J connectivity index is 1.62. The van der Waals surface area contributed by atoms with Crippen LogP contribution in [0, 0.1) is 17.1 Å². The summed E-state index contributed by atoms with van der Waals surface area (Å²) < 4.78 is 24.1. The highest BCUT2D eigenvalue weighted by atomic mass is 19.1. The van der Waals surface area contributed by atoms with E-state index in [1.807, 2.05) is 19.9 Å². The number of ether oxygens (including phenoxy) is 2. The lowest BCUT2D eigenvalue weighted by atomic mass is 9.76. The lowest BCUT2D eigenvalue weighted by Gasteiger charge is -2.39. The normalized spacial score (nSPS) is 20.2. The van der Waals surface area contributed by atoms with Gasteiger partial charge in [-0.1, -0.05) is 12.1 Å². The fourth-order valence-corrected chi connectivity index (χ4v) is 4.72. The van der Waals surface area contributed by atoms with Crippen molar-refractivity contribution in [3.05, 3.63) is 47.3 Å². The van der Waals surface area contributed by atoms with E-state index in [0.29, 0.717) is 57.7 Å². The zero-order valence-corrected chi connectivity index (χ0v) is 21.9. The number of carbonyl (C=O) groups excluding carboxylic acids is 2. The van der Waals surface area contributed by atoms with Crippen LogP contribution in [0.1, 0.15) is 38.7 Å². The molecule has 0 unspecified atom stereocenters. The van der Waals surface area contributed by atoms with Crippen LogP contribution in [-0.2, 0) is 20.7 Å². The molecule has 12 heteroatoms. The van der Waals surface area contributed by atoms with E-state index in [2.05, 4.69) is 10.2 Å². The Hall–Kier alpha value is -2.98. The van der Waals surface area contributed by atoms with Gasteiger partial charge in [-0.2, -0.15) is 5.26 Å². The molecule has 38 heavy (non-hydrogen) atoms. The molecule has 2 amide bonds. The van der Waals surface area contributed by atoms with Crippen LogP contribution in [0.4, 0.5) is 9.18 Å². The predicted octanol–water partition coefficient (Wildman–Crippen LogP) is 1.42. The molecule has 2 heterocycles. The third-order valence-corrected chi connectivity index (χ3v) is 6.90. The Bertz CT molecular complexity index is 1020. The summed E-state index contributed by atoms with van der Waals surface area (Å²) in [7, 11) is -1.86. The molecule has 2 aliphatic heterocycles. The van der Waals surface area contributed by atoms with Gasteiger partial charge >= 0.3 is 13.2 Å². The zero-order chi connectivity index (χ0) is 27.7. The average molecular weight is 530 g/mol. The van der Waals surface area contributed by atoms with Crippen molar-refractivity contribution in [2.75, 3.05) is 39.4 Å². The summed E-state index contributed by atoms with van der Waals surface area (Å²) in [5, 5.41) is 31.7. The maximum Gasteiger partial charge on any atom is 0.475 e. The van der Waals surface area contributed by atoms with Crippen LogP contribution in [0.15, 0.2) is 35.9 Å². The first kappa shape index (κ1) is 29.6. The van der Waals surface area contributed by atoms with Crippen LogP contribution in [0.5, 0.6) is 0 Å². The maximum atomic E-state index is 13.3. The molecule has 1 aromatic rings. The molecule has 2 fully saturated rings. The number of nitrogens with one attached hydrogen (secondary N) is 1. The lowest BCUT2D eigenvalue weighted by molar-refractivity contribution is -0.127. The predicted molar refractivity (Wildman–Crippen MR) is 138 cm³/mol. The van der Waals surface area contributed by atoms with Crippen LogP contribution in [0.2, 0.25) is 0 Å². The summed E-state index contributed by atoms with van der Waals surface area (Å²) >= 11 is 0. The van der Waals surface area contributed by atoms with Crippen molar-refractivity contribution in [3.63, 3.8) is 0 Å². The van der Waals surface area contributed by atoms with E-state index in [4.69, 9.17) is 9.47 Å². The van der Waals surface area contributed by atoms with Gasteiger partial charge in [-0.15, -0.1) is 0 Å². The number of benzene rings is 1. The van der Waals surface area contributed by atoms with E-state index in [-0.39, 0.29) is 18.5 Å². The summed E-state index contributed by atoms with van der Waals surface area (Å²) in [4.78, 5) is 29.6. The first-order chi connectivity index (χ1) is 18.1. The highest BCUT2D eigenvalue weighted by Gasteiger charge is 2.32. The Morgan fingerprint density at radius 1 is 1.26 bits per heavy atom. The monoisotopic (exact) mass is 530 g/mol. The summed E-state index contributed by atoms with van der Waals surface area (Å²) in [5.74, 6) is -1.91. The number of nitrogens with zero attached hydrogens (tertiary/aromatic N) is 3. The molecule has 0 saturated carbocycles. The van der Waals surface area contributed by atoms with Gasteiger partial charge in [0.1, 0.15) is 23.6 Å². The van der Waals surface area contributed by atoms with Crippen LogP contribution < -0.4 is 5.32 Å². The second-order valence-electron chi connectivity index (χ2n) is 10.2. The molecule has 2 atom stereocenters. The third kappa shape index (κ3) is 8.53. The summed E-state index contributed by atoms with van der Waals surface area (Å²) in [6, 6.07) is 7.53. The molecule has 3 rings (SSSR count). The number of rotatable bonds is 8. The molecule has 0 aromatic heterocycles. The first-order valence-corrected chi connectivity index (χ1v) is 12.9. The second-order valence-corrected chi connectivity index (χ2v) is 10.2. The molecule has 2 saturated heterocycles. The zero-order valence-electron chi connectivity index (χ0n) is 21.9. The van der Waals surface area contributed by atoms with Crippen LogP contribution >= 0.6 is 0 Å². The fourth-order valence-electron chi connectivity index (χ4n) is 4.72. The van der Waals surface area contributed by atoms with E-state index in [0.717, 1.165) is 0 Å². The molecule has 0 spiro atoms. The molecule has 0 bridgehead atoms. The van der Waals surface area contributed by atoms with Gasteiger partial charge in [0.2, 0.25) is 0 Å². The number of morpholine rings is 1. The van der Waals surface area contributed by atoms with Crippen LogP contribution in [-0.4, -0.2) is 95.9 Å². The van der Waals surface area contributed by atoms with Gasteiger partial charge in [0.05, 0.1) is 25.7 Å². The average Bonchev–Trinajstić information content (AvgIpc) is 3.13. The van der Waals surface area contributed by atoms with Crippen molar-refractivity contribution in [1.29, 1.82) is 5.26 Å². The first-order valence-electron chi connectivity index (χ1n) is 12.9. The summed E-state index contributed by atoms with van der Waals surface area (Å²) in [6.07, 6.45) is 2.20. The number of hydrogen-bond donors (Lipinski definition) is 3. The number of likely N-dealkylation sites (tertiary alicyclic amines) is 1. The molecular weight excluding hydrogens is 494 g/mol. The Morgan fingerprint density at radius 2 is 1.95 bits per heavy atom. The summed E-state index contributed by atoms with van der Waals surface area (Å²) in [6.45, 7) is 7.06. The number of hydrogen-bond acceptors (Lipinski definition) is 8. The van der Waals surface area contributed by atoms with Gasteiger partial charge in [0, 0.05) is 25.2 Å². The number of amides is 2. The quantitative estimate of drug-likeness (QED) is 0.261. The minimum Gasteiger partial charge on any atom is -0.444 e. The van der Waals surface area contributed by atoms with Crippen molar-refractivity contribution in [2.24, 2.45) is 0 Å². The van der Waals surface area contributed by atoms with Gasteiger partial charge in [0.15, 0.2) is 0 Å². The van der Waals surface area contributed by atoms with E-state index >= 15 is 0 Å². The highest BCUT2D eigenvalue weighted by molar-refractivity contribution is 6.43. The topological polar surface area (TPSA) is 135 Å². The van der Waals surface area contributed by atoms with E-state index < -0.39 is 42.5 Å². The van der Waals surface area contributed by atoms with Gasteiger partial charge in [-0.25, -0.2) is 9.18 Å². The minimum atomic E-state index is -1.86. The van der Waals surface area contributed by atoms with Gasteiger partial charge in [-0.3, -0.25) is 9.69 Å². The van der Waals surface area contributed by atoms with E-state index in [1.165, 1.54) is 29.2 Å². The summed E-state index contributed by atoms with van der Waals surface area (Å²) in [5.41, 5.74) is 0.123. The van der Waals surface area contributed by atoms with Gasteiger partial charge in [0.25, 0.3) is 5.91 Å².